The van der Waals surface area contributed by atoms with E-state index in [0.29, 0.717) is 40.3 Å². The fraction of sp³-hybridized carbons (Fsp3) is 0.136. The summed E-state index contributed by atoms with van der Waals surface area (Å²) in [5, 5.41) is 18.4. The van der Waals surface area contributed by atoms with Crippen molar-refractivity contribution in [1.29, 1.82) is 0 Å². The molecule has 0 saturated carbocycles. The Kier molecular flexibility index (Phi) is 5.12. The molecule has 32 heavy (non-hydrogen) atoms. The maximum atomic E-state index is 13.7. The Morgan fingerprint density at radius 3 is 2.75 bits per heavy atom. The lowest BCUT2D eigenvalue weighted by Crippen LogP contribution is -2.15. The monoisotopic (exact) mass is 432 g/mol. The number of nitrogens with zero attached hydrogens (tertiary/aromatic N) is 6. The molecule has 5 aromatic rings. The lowest BCUT2D eigenvalue weighted by atomic mass is 10.0. The minimum atomic E-state index is -0.931. The van der Waals surface area contributed by atoms with Gasteiger partial charge in [-0.15, -0.1) is 5.10 Å². The number of pyridine rings is 2. The Hall–Kier alpha value is -4.05. The highest BCUT2D eigenvalue weighted by atomic mass is 19.2. The van der Waals surface area contributed by atoms with Crippen LogP contribution in [0.1, 0.15) is 0 Å². The number of nitrogens with one attached hydrogen (secondary N) is 2. The Bertz CT molecular complexity index is 1410. The molecule has 0 aliphatic carbocycles. The molecule has 0 saturated heterocycles. The molecule has 0 unspecified atom stereocenters. The van der Waals surface area contributed by atoms with Crippen LogP contribution < -0.4 is 5.32 Å². The lowest BCUT2D eigenvalue weighted by Gasteiger charge is -2.05. The Balaban J connectivity index is 1.52. The van der Waals surface area contributed by atoms with Gasteiger partial charge in [0.25, 0.3) is 0 Å². The third kappa shape index (κ3) is 3.71. The van der Waals surface area contributed by atoms with Gasteiger partial charge in [0.1, 0.15) is 11.4 Å². The minimum Gasteiger partial charge on any atom is -0.318 e. The highest BCUT2D eigenvalue weighted by Crippen LogP contribution is 2.31. The van der Waals surface area contributed by atoms with Crippen molar-refractivity contribution < 1.29 is 8.78 Å². The van der Waals surface area contributed by atoms with E-state index in [0.717, 1.165) is 29.8 Å². The van der Waals surface area contributed by atoms with Crippen LogP contribution in [0, 0.1) is 11.6 Å². The molecule has 0 fully saturated rings. The Morgan fingerprint density at radius 1 is 1.00 bits per heavy atom. The summed E-state index contributed by atoms with van der Waals surface area (Å²) in [5.41, 5.74) is 5.11. The van der Waals surface area contributed by atoms with Gasteiger partial charge in [-0.25, -0.2) is 13.8 Å². The molecule has 1 aromatic carbocycles. The summed E-state index contributed by atoms with van der Waals surface area (Å²) < 4.78 is 28.8. The highest BCUT2D eigenvalue weighted by molar-refractivity contribution is 5.85. The number of benzene rings is 1. The number of aromatic nitrogens is 7. The molecule has 4 heterocycles. The van der Waals surface area contributed by atoms with Crippen molar-refractivity contribution >= 4 is 11.0 Å². The molecule has 0 amide bonds. The zero-order chi connectivity index (χ0) is 22.1. The first-order valence-corrected chi connectivity index (χ1v) is 9.94. The Morgan fingerprint density at radius 2 is 1.91 bits per heavy atom. The Labute approximate surface area is 181 Å². The van der Waals surface area contributed by atoms with Crippen molar-refractivity contribution in [2.75, 3.05) is 13.6 Å². The van der Waals surface area contributed by atoms with E-state index < -0.39 is 11.6 Å². The second kappa shape index (κ2) is 8.23. The number of rotatable bonds is 6. The molecule has 4 aromatic heterocycles. The molecule has 8 nitrogen and oxygen atoms in total. The predicted molar refractivity (Wildman–Crippen MR) is 115 cm³/mol. The van der Waals surface area contributed by atoms with Crippen molar-refractivity contribution in [3.05, 3.63) is 66.6 Å². The summed E-state index contributed by atoms with van der Waals surface area (Å²) in [6.45, 7) is 1.49. The van der Waals surface area contributed by atoms with Crippen molar-refractivity contribution in [3.63, 3.8) is 0 Å². The quantitative estimate of drug-likeness (QED) is 0.427. The van der Waals surface area contributed by atoms with Gasteiger partial charge in [0.2, 0.25) is 0 Å². The maximum absolute atomic E-state index is 13.7. The number of aromatic amines is 1. The third-order valence-electron chi connectivity index (χ3n) is 5.07. The highest BCUT2D eigenvalue weighted by Gasteiger charge is 2.15. The van der Waals surface area contributed by atoms with Crippen molar-refractivity contribution in [2.24, 2.45) is 0 Å². The van der Waals surface area contributed by atoms with Crippen molar-refractivity contribution in [2.45, 2.75) is 6.54 Å². The zero-order valence-corrected chi connectivity index (χ0v) is 17.0. The molecule has 0 aliphatic rings. The van der Waals surface area contributed by atoms with Crippen LogP contribution in [-0.4, -0.2) is 48.8 Å². The van der Waals surface area contributed by atoms with Crippen LogP contribution in [0.2, 0.25) is 0 Å². The maximum Gasteiger partial charge on any atom is 0.159 e. The van der Waals surface area contributed by atoms with E-state index in [4.69, 9.17) is 4.98 Å². The second-order valence-electron chi connectivity index (χ2n) is 7.21. The summed E-state index contributed by atoms with van der Waals surface area (Å²) in [6.07, 6.45) is 5.28. The molecular formula is C22H18F2N8. The average molecular weight is 432 g/mol. The molecular weight excluding hydrogens is 414 g/mol. The van der Waals surface area contributed by atoms with Gasteiger partial charge in [0.05, 0.1) is 29.5 Å². The summed E-state index contributed by atoms with van der Waals surface area (Å²) >= 11 is 0. The van der Waals surface area contributed by atoms with Crippen LogP contribution in [-0.2, 0) is 6.54 Å². The minimum absolute atomic E-state index is 0.451. The van der Waals surface area contributed by atoms with Gasteiger partial charge in [-0.3, -0.25) is 14.8 Å². The fourth-order valence-corrected chi connectivity index (χ4v) is 3.41. The second-order valence-corrected chi connectivity index (χ2v) is 7.21. The van der Waals surface area contributed by atoms with Gasteiger partial charge in [0, 0.05) is 35.6 Å². The number of hydrogen-bond donors (Lipinski definition) is 2. The van der Waals surface area contributed by atoms with Crippen LogP contribution >= 0.6 is 0 Å². The first-order valence-electron chi connectivity index (χ1n) is 9.94. The topological polar surface area (TPSA) is 97.2 Å². The molecule has 0 bridgehead atoms. The molecule has 0 aliphatic heterocycles. The molecule has 2 N–H and O–H groups in total. The van der Waals surface area contributed by atoms with Crippen LogP contribution in [0.25, 0.3) is 44.8 Å². The van der Waals surface area contributed by atoms with E-state index in [1.165, 1.54) is 6.07 Å². The van der Waals surface area contributed by atoms with Gasteiger partial charge in [-0.05, 0) is 43.4 Å². The summed E-state index contributed by atoms with van der Waals surface area (Å²) in [4.78, 5) is 9.22. The number of hydrogen-bond acceptors (Lipinski definition) is 6. The molecule has 0 spiro atoms. The van der Waals surface area contributed by atoms with Crippen LogP contribution in [0.5, 0.6) is 0 Å². The molecule has 5 rings (SSSR count). The van der Waals surface area contributed by atoms with E-state index in [2.05, 4.69) is 30.8 Å². The number of fused-ring (bicyclic) bond motifs is 1. The molecule has 0 atom stereocenters. The van der Waals surface area contributed by atoms with Gasteiger partial charge < -0.3 is 5.32 Å². The fourth-order valence-electron chi connectivity index (χ4n) is 3.41. The van der Waals surface area contributed by atoms with Crippen molar-refractivity contribution in [1.82, 2.24) is 40.5 Å². The normalized spacial score (nSPS) is 11.3. The van der Waals surface area contributed by atoms with E-state index >= 15 is 0 Å². The smallest absolute Gasteiger partial charge is 0.159 e. The first kappa shape index (κ1) is 19.9. The van der Waals surface area contributed by atoms with Crippen LogP contribution in [0.15, 0.2) is 55.0 Å². The van der Waals surface area contributed by atoms with E-state index in [1.54, 1.807) is 17.1 Å². The summed E-state index contributed by atoms with van der Waals surface area (Å²) in [5.74, 6) is -1.84. The van der Waals surface area contributed by atoms with Gasteiger partial charge in [-0.2, -0.15) is 5.10 Å². The molecule has 0 radical (unpaired) electrons. The lowest BCUT2D eigenvalue weighted by molar-refractivity contribution is 0.509. The standard InChI is InChI=1S/C22H18F2N8/c1-25-6-7-32-12-21(29-31-32)14-9-20-19(26-10-14)5-4-18(28-20)15-11-27-30-22(15)13-2-3-16(23)17(24)8-13/h2-5,8-12,25H,6-7H2,1H3,(H,27,30). The van der Waals surface area contributed by atoms with E-state index in [1.807, 2.05) is 31.4 Å². The molecule has 160 valence electrons. The number of likely N-dealkylation sites (N-methyl/N-ethyl adjacent to an activating group) is 1. The first-order chi connectivity index (χ1) is 15.6. The number of halogens is 2. The van der Waals surface area contributed by atoms with Crippen LogP contribution in [0.4, 0.5) is 8.78 Å². The van der Waals surface area contributed by atoms with Gasteiger partial charge >= 0.3 is 0 Å². The van der Waals surface area contributed by atoms with E-state index in [9.17, 15) is 8.78 Å². The predicted octanol–water partition coefficient (Wildman–Crippen LogP) is 3.44. The average Bonchev–Trinajstić information content (AvgIpc) is 3.49. The van der Waals surface area contributed by atoms with Crippen LogP contribution in [0.3, 0.4) is 0 Å². The van der Waals surface area contributed by atoms with Crippen molar-refractivity contribution in [3.8, 4) is 33.8 Å². The third-order valence-corrected chi connectivity index (χ3v) is 5.07. The van der Waals surface area contributed by atoms with Gasteiger partial charge in [-0.1, -0.05) is 5.21 Å². The SMILES string of the molecule is CNCCn1cc(-c2cnc3ccc(-c4c[nH]nc4-c4ccc(F)c(F)c4)nc3c2)nn1. The zero-order valence-electron chi connectivity index (χ0n) is 17.0. The number of H-pyrrole nitrogens is 1. The van der Waals surface area contributed by atoms with E-state index in [-0.39, 0.29) is 0 Å². The molecule has 10 heteroatoms. The largest absolute Gasteiger partial charge is 0.318 e. The summed E-state index contributed by atoms with van der Waals surface area (Å²) in [7, 11) is 1.88. The summed E-state index contributed by atoms with van der Waals surface area (Å²) in [6, 6.07) is 9.25. The van der Waals surface area contributed by atoms with Gasteiger partial charge in [0.15, 0.2) is 11.6 Å².